The Bertz CT molecular complexity index is 836. The molecule has 0 spiro atoms. The first kappa shape index (κ1) is 19.1. The molecule has 134 valence electrons. The van der Waals surface area contributed by atoms with Crippen LogP contribution in [0.2, 0.25) is 0 Å². The topological polar surface area (TPSA) is 80.3 Å². The molecule has 8 heteroatoms. The molecule has 0 bridgehead atoms. The third-order valence-electron chi connectivity index (χ3n) is 3.65. The molecule has 0 saturated carbocycles. The maximum atomic E-state index is 11.6. The van der Waals surface area contributed by atoms with Crippen LogP contribution in [0.1, 0.15) is 24.9 Å². The van der Waals surface area contributed by atoms with Gasteiger partial charge in [-0.05, 0) is 48.5 Å². The lowest BCUT2D eigenvalue weighted by molar-refractivity contribution is 0.415. The number of anilines is 1. The number of ether oxygens (including phenoxy) is 1. The summed E-state index contributed by atoms with van der Waals surface area (Å²) in [6, 6.07) is 10.3. The van der Waals surface area contributed by atoms with E-state index in [-0.39, 0.29) is 6.04 Å². The molecule has 0 unspecified atom stereocenters. The second kappa shape index (κ2) is 8.26. The lowest BCUT2D eigenvalue weighted by Crippen LogP contribution is -2.32. The first-order valence-corrected chi connectivity index (χ1v) is 10.0. The number of hydrogen-bond acceptors (Lipinski definition) is 5. The minimum absolute atomic E-state index is 0.0525. The Morgan fingerprint density at radius 1 is 1.28 bits per heavy atom. The van der Waals surface area contributed by atoms with Crippen molar-refractivity contribution in [2.24, 2.45) is 0 Å². The predicted molar refractivity (Wildman–Crippen MR) is 103 cm³/mol. The van der Waals surface area contributed by atoms with Crippen molar-refractivity contribution < 1.29 is 13.2 Å². The number of methoxy groups -OCH3 is 1. The second-order valence-corrected chi connectivity index (χ2v) is 7.88. The van der Waals surface area contributed by atoms with Crippen molar-refractivity contribution in [3.05, 3.63) is 48.2 Å². The highest BCUT2D eigenvalue weighted by Crippen LogP contribution is 2.22. The van der Waals surface area contributed by atoms with Gasteiger partial charge in [0.2, 0.25) is 0 Å². The van der Waals surface area contributed by atoms with Gasteiger partial charge in [0.25, 0.3) is 0 Å². The average Bonchev–Trinajstić information content (AvgIpc) is 2.59. The van der Waals surface area contributed by atoms with Gasteiger partial charge in [-0.3, -0.25) is 0 Å². The van der Waals surface area contributed by atoms with Crippen LogP contribution in [0.4, 0.5) is 5.82 Å². The molecule has 2 aromatic rings. The van der Waals surface area contributed by atoms with E-state index in [4.69, 9.17) is 17.0 Å². The molecule has 0 aliphatic carbocycles. The first-order valence-electron chi connectivity index (χ1n) is 7.71. The van der Waals surface area contributed by atoms with Crippen molar-refractivity contribution >= 4 is 33.0 Å². The maximum Gasteiger partial charge on any atom is 0.175 e. The highest BCUT2D eigenvalue weighted by Gasteiger charge is 2.14. The number of nitrogens with zero attached hydrogens (tertiary/aromatic N) is 1. The van der Waals surface area contributed by atoms with Crippen molar-refractivity contribution in [3.63, 3.8) is 0 Å². The fourth-order valence-electron chi connectivity index (χ4n) is 2.32. The quantitative estimate of drug-likeness (QED) is 0.747. The number of hydrogen-bond donors (Lipinski definition) is 2. The predicted octanol–water partition coefficient (Wildman–Crippen LogP) is 2.93. The molecule has 6 nitrogen and oxygen atoms in total. The van der Waals surface area contributed by atoms with Gasteiger partial charge in [0, 0.05) is 12.5 Å². The smallest absolute Gasteiger partial charge is 0.175 e. The minimum Gasteiger partial charge on any atom is -0.493 e. The summed E-state index contributed by atoms with van der Waals surface area (Å²) in [5.41, 5.74) is 0.951. The SMILES string of the molecule is CC[C@H](NC(=S)Nc1ncccc1OC)c1ccc(S(C)(=O)=O)cc1. The normalized spacial score (nSPS) is 12.3. The van der Waals surface area contributed by atoms with Crippen LogP contribution in [-0.2, 0) is 9.84 Å². The zero-order valence-corrected chi connectivity index (χ0v) is 15.9. The number of aromatic nitrogens is 1. The van der Waals surface area contributed by atoms with E-state index in [0.717, 1.165) is 12.0 Å². The van der Waals surface area contributed by atoms with Gasteiger partial charge in [0.05, 0.1) is 18.0 Å². The summed E-state index contributed by atoms with van der Waals surface area (Å²) in [6.07, 6.45) is 3.62. The van der Waals surface area contributed by atoms with Gasteiger partial charge >= 0.3 is 0 Å². The van der Waals surface area contributed by atoms with Gasteiger partial charge in [0.15, 0.2) is 26.5 Å². The Hall–Kier alpha value is -2.19. The van der Waals surface area contributed by atoms with Crippen LogP contribution in [0.3, 0.4) is 0 Å². The molecule has 2 N–H and O–H groups in total. The summed E-state index contributed by atoms with van der Waals surface area (Å²) in [5, 5.41) is 6.65. The van der Waals surface area contributed by atoms with E-state index in [9.17, 15) is 8.42 Å². The van der Waals surface area contributed by atoms with E-state index in [1.165, 1.54) is 6.26 Å². The van der Waals surface area contributed by atoms with E-state index >= 15 is 0 Å². The van der Waals surface area contributed by atoms with Gasteiger partial charge in [-0.1, -0.05) is 19.1 Å². The van der Waals surface area contributed by atoms with Gasteiger partial charge in [-0.15, -0.1) is 0 Å². The van der Waals surface area contributed by atoms with Crippen LogP contribution in [0, 0.1) is 0 Å². The Balaban J connectivity index is 2.09. The van der Waals surface area contributed by atoms with Crippen LogP contribution in [0.5, 0.6) is 5.75 Å². The van der Waals surface area contributed by atoms with Crippen LogP contribution in [0.25, 0.3) is 0 Å². The highest BCUT2D eigenvalue weighted by molar-refractivity contribution is 7.90. The fraction of sp³-hybridized carbons (Fsp3) is 0.294. The number of pyridine rings is 1. The number of sulfone groups is 1. The molecule has 1 atom stereocenters. The minimum atomic E-state index is -3.20. The Kier molecular flexibility index (Phi) is 6.33. The second-order valence-electron chi connectivity index (χ2n) is 5.45. The molecule has 1 heterocycles. The molecule has 0 radical (unpaired) electrons. The molecule has 0 amide bonds. The van der Waals surface area contributed by atoms with Crippen molar-refractivity contribution in [2.75, 3.05) is 18.7 Å². The maximum absolute atomic E-state index is 11.6. The van der Waals surface area contributed by atoms with Crippen LogP contribution in [0.15, 0.2) is 47.5 Å². The third-order valence-corrected chi connectivity index (χ3v) is 5.00. The van der Waals surface area contributed by atoms with Crippen LogP contribution in [-0.4, -0.2) is 31.9 Å². The summed E-state index contributed by atoms with van der Waals surface area (Å²) >= 11 is 5.36. The van der Waals surface area contributed by atoms with Crippen molar-refractivity contribution in [3.8, 4) is 5.75 Å². The molecule has 1 aromatic carbocycles. The van der Waals surface area contributed by atoms with Crippen molar-refractivity contribution in [2.45, 2.75) is 24.3 Å². The molecule has 0 aliphatic rings. The van der Waals surface area contributed by atoms with E-state index in [1.807, 2.05) is 6.92 Å². The summed E-state index contributed by atoms with van der Waals surface area (Å²) in [4.78, 5) is 4.50. The Labute approximate surface area is 153 Å². The van der Waals surface area contributed by atoms with E-state index in [2.05, 4.69) is 15.6 Å². The molecule has 2 rings (SSSR count). The number of rotatable bonds is 6. The van der Waals surface area contributed by atoms with Crippen LogP contribution < -0.4 is 15.4 Å². The molecule has 0 aliphatic heterocycles. The number of benzene rings is 1. The zero-order valence-electron chi connectivity index (χ0n) is 14.3. The monoisotopic (exact) mass is 379 g/mol. The van der Waals surface area contributed by atoms with Gasteiger partial charge in [0.1, 0.15) is 0 Å². The third kappa shape index (κ3) is 5.14. The largest absolute Gasteiger partial charge is 0.493 e. The van der Waals surface area contributed by atoms with Gasteiger partial charge in [-0.25, -0.2) is 13.4 Å². The lowest BCUT2D eigenvalue weighted by Gasteiger charge is -2.20. The molecule has 1 aromatic heterocycles. The lowest BCUT2D eigenvalue weighted by atomic mass is 10.1. The Morgan fingerprint density at radius 2 is 1.96 bits per heavy atom. The summed E-state index contributed by atoms with van der Waals surface area (Å²) in [5.74, 6) is 1.13. The van der Waals surface area contributed by atoms with E-state index < -0.39 is 9.84 Å². The summed E-state index contributed by atoms with van der Waals surface area (Å²) in [7, 11) is -1.64. The first-order chi connectivity index (χ1) is 11.8. The van der Waals surface area contributed by atoms with E-state index in [0.29, 0.717) is 21.6 Å². The standard InChI is InChI=1S/C17H21N3O3S2/c1-4-14(12-7-9-13(10-8-12)25(3,21)22)19-17(24)20-16-15(23-2)6-5-11-18-16/h5-11,14H,4H2,1-3H3,(H2,18,19,20,24)/t14-/m0/s1. The highest BCUT2D eigenvalue weighted by atomic mass is 32.2. The molecule has 0 saturated heterocycles. The number of thiocarbonyl (C=S) groups is 1. The zero-order chi connectivity index (χ0) is 18.4. The van der Waals surface area contributed by atoms with E-state index in [1.54, 1.807) is 49.7 Å². The summed E-state index contributed by atoms with van der Waals surface area (Å²) in [6.45, 7) is 2.02. The molecular formula is C17H21N3O3S2. The van der Waals surface area contributed by atoms with Crippen molar-refractivity contribution in [1.29, 1.82) is 0 Å². The molecular weight excluding hydrogens is 358 g/mol. The summed E-state index contributed by atoms with van der Waals surface area (Å²) < 4.78 is 28.4. The van der Waals surface area contributed by atoms with Gasteiger partial charge < -0.3 is 15.4 Å². The van der Waals surface area contributed by atoms with Crippen LogP contribution >= 0.6 is 12.2 Å². The number of nitrogens with one attached hydrogen (secondary N) is 2. The Morgan fingerprint density at radius 3 is 2.52 bits per heavy atom. The average molecular weight is 380 g/mol. The molecule has 25 heavy (non-hydrogen) atoms. The fourth-order valence-corrected chi connectivity index (χ4v) is 3.19. The molecule has 0 fully saturated rings. The van der Waals surface area contributed by atoms with Crippen molar-refractivity contribution in [1.82, 2.24) is 10.3 Å². The van der Waals surface area contributed by atoms with Gasteiger partial charge in [-0.2, -0.15) is 0 Å².